The van der Waals surface area contributed by atoms with Crippen LogP contribution in [0.25, 0.3) is 0 Å². The molecule has 0 radical (unpaired) electrons. The minimum atomic E-state index is -1.82. The molecule has 2 aliphatic rings. The van der Waals surface area contributed by atoms with Gasteiger partial charge >= 0.3 is 11.9 Å². The molecule has 1 unspecified atom stereocenters. The van der Waals surface area contributed by atoms with Crippen molar-refractivity contribution in [3.05, 3.63) is 89.5 Å². The number of carboxylic acid groups (broad SMARTS) is 2. The number of carbonyl (C=O) groups excluding carboxylic acids is 1. The summed E-state index contributed by atoms with van der Waals surface area (Å²) in [4.78, 5) is 35.4. The van der Waals surface area contributed by atoms with E-state index < -0.39 is 18.0 Å². The average molecular weight is 565 g/mol. The van der Waals surface area contributed by atoms with Crippen LogP contribution in [0.2, 0.25) is 0 Å². The lowest BCUT2D eigenvalue weighted by Crippen LogP contribution is -2.48. The van der Waals surface area contributed by atoms with Crippen LogP contribution in [0.5, 0.6) is 17.2 Å². The van der Waals surface area contributed by atoms with Crippen LogP contribution in [-0.4, -0.2) is 95.1 Å². The molecule has 0 bridgehead atoms. The third kappa shape index (κ3) is 8.77. The number of fused-ring (bicyclic) bond motifs is 1. The first-order valence-corrected chi connectivity index (χ1v) is 13.1. The second-order valence-electron chi connectivity index (χ2n) is 9.56. The van der Waals surface area contributed by atoms with Crippen molar-refractivity contribution in [2.45, 2.75) is 12.6 Å². The number of piperazine rings is 1. The monoisotopic (exact) mass is 564 g/mol. The summed E-state index contributed by atoms with van der Waals surface area (Å²) in [5, 5.41) is 25.3. The van der Waals surface area contributed by atoms with Gasteiger partial charge in [0.05, 0.1) is 0 Å². The standard InChI is InChI=1S/C28H30N2O5.C2H2O4/c31-24(19-33-25-9-7-23(8-10-25)28(32)22-4-2-1-3-5-22)18-30-14-12-29(13-15-30)17-21-6-11-26-27(16-21)35-20-34-26;3-1(4)2(5)6/h1-11,16,24,31H,12-15,17-20H2;(H,3,4)(H,5,6). The molecule has 0 aromatic heterocycles. The molecular formula is C30H32N2O9. The van der Waals surface area contributed by atoms with Gasteiger partial charge in [-0.3, -0.25) is 14.6 Å². The van der Waals surface area contributed by atoms with Crippen molar-refractivity contribution in [2.75, 3.05) is 46.1 Å². The summed E-state index contributed by atoms with van der Waals surface area (Å²) in [6.07, 6.45) is -0.582. The number of hydrogen-bond donors (Lipinski definition) is 3. The molecule has 0 spiro atoms. The fourth-order valence-electron chi connectivity index (χ4n) is 4.43. The van der Waals surface area contributed by atoms with Crippen molar-refractivity contribution >= 4 is 17.7 Å². The van der Waals surface area contributed by atoms with Crippen molar-refractivity contribution < 1.29 is 43.9 Å². The van der Waals surface area contributed by atoms with Crippen molar-refractivity contribution in [1.29, 1.82) is 0 Å². The first-order valence-electron chi connectivity index (χ1n) is 13.1. The van der Waals surface area contributed by atoms with Gasteiger partial charge in [-0.25, -0.2) is 9.59 Å². The van der Waals surface area contributed by atoms with E-state index in [0.717, 1.165) is 44.2 Å². The van der Waals surface area contributed by atoms with E-state index in [0.29, 0.717) is 30.2 Å². The Hall–Kier alpha value is -4.45. The zero-order valence-corrected chi connectivity index (χ0v) is 22.3. The molecule has 3 N–H and O–H groups in total. The fourth-order valence-corrected chi connectivity index (χ4v) is 4.43. The fraction of sp³-hybridized carbons (Fsp3) is 0.300. The molecule has 11 heteroatoms. The number of benzene rings is 3. The van der Waals surface area contributed by atoms with Gasteiger partial charge in [0.2, 0.25) is 6.79 Å². The summed E-state index contributed by atoms with van der Waals surface area (Å²) in [7, 11) is 0. The number of hydrogen-bond acceptors (Lipinski definition) is 9. The molecule has 41 heavy (non-hydrogen) atoms. The highest BCUT2D eigenvalue weighted by molar-refractivity contribution is 6.27. The Morgan fingerprint density at radius 1 is 0.780 bits per heavy atom. The molecule has 1 fully saturated rings. The predicted octanol–water partition coefficient (Wildman–Crippen LogP) is 2.36. The SMILES string of the molecule is O=C(O)C(=O)O.O=C(c1ccccc1)c1ccc(OCC(O)CN2CCN(Cc3ccc4c(c3)OCO4)CC2)cc1. The largest absolute Gasteiger partial charge is 0.491 e. The number of β-amino-alcohol motifs (C(OH)–C–C–N with tert-alkyl or cyclic N) is 1. The van der Waals surface area contributed by atoms with Crippen LogP contribution in [0.1, 0.15) is 21.5 Å². The topological polar surface area (TPSA) is 146 Å². The number of ketones is 1. The second-order valence-corrected chi connectivity index (χ2v) is 9.56. The normalized spacial score (nSPS) is 15.3. The molecule has 2 heterocycles. The molecular weight excluding hydrogens is 532 g/mol. The quantitative estimate of drug-likeness (QED) is 0.260. The minimum Gasteiger partial charge on any atom is -0.491 e. The predicted molar refractivity (Wildman–Crippen MR) is 147 cm³/mol. The molecule has 216 valence electrons. The van der Waals surface area contributed by atoms with E-state index in [9.17, 15) is 9.90 Å². The number of aliphatic hydroxyl groups excluding tert-OH is 1. The van der Waals surface area contributed by atoms with Gasteiger partial charge in [0.25, 0.3) is 0 Å². The molecule has 5 rings (SSSR count). The van der Waals surface area contributed by atoms with Crippen molar-refractivity contribution in [1.82, 2.24) is 9.80 Å². The Balaban J connectivity index is 0.000000585. The van der Waals surface area contributed by atoms with Gasteiger partial charge in [-0.15, -0.1) is 0 Å². The first-order chi connectivity index (χ1) is 19.8. The number of carboxylic acids is 2. The lowest BCUT2D eigenvalue weighted by Gasteiger charge is -2.35. The molecule has 11 nitrogen and oxygen atoms in total. The number of aliphatic carboxylic acids is 2. The molecule has 3 aromatic rings. The van der Waals surface area contributed by atoms with E-state index >= 15 is 0 Å². The Labute approximate surface area is 237 Å². The zero-order valence-electron chi connectivity index (χ0n) is 22.3. The summed E-state index contributed by atoms with van der Waals surface area (Å²) in [6.45, 7) is 5.64. The van der Waals surface area contributed by atoms with Crippen LogP contribution in [-0.2, 0) is 16.1 Å². The molecule has 0 aliphatic carbocycles. The average Bonchev–Trinajstić information content (AvgIpc) is 3.46. The third-order valence-electron chi connectivity index (χ3n) is 6.55. The Kier molecular flexibility index (Phi) is 10.3. The van der Waals surface area contributed by atoms with Crippen LogP contribution in [0.3, 0.4) is 0 Å². The lowest BCUT2D eigenvalue weighted by molar-refractivity contribution is -0.159. The van der Waals surface area contributed by atoms with E-state index in [2.05, 4.69) is 21.9 Å². The van der Waals surface area contributed by atoms with Crippen molar-refractivity contribution in [2.24, 2.45) is 0 Å². The van der Waals surface area contributed by atoms with E-state index in [4.69, 9.17) is 34.0 Å². The highest BCUT2D eigenvalue weighted by Crippen LogP contribution is 2.32. The van der Waals surface area contributed by atoms with Gasteiger partial charge in [-0.1, -0.05) is 36.4 Å². The summed E-state index contributed by atoms with van der Waals surface area (Å²) in [6, 6.07) is 22.4. The highest BCUT2D eigenvalue weighted by Gasteiger charge is 2.21. The molecule has 2 aliphatic heterocycles. The summed E-state index contributed by atoms with van der Waals surface area (Å²) >= 11 is 0. The smallest absolute Gasteiger partial charge is 0.414 e. The number of nitrogens with zero attached hydrogens (tertiary/aromatic N) is 2. The third-order valence-corrected chi connectivity index (χ3v) is 6.55. The first kappa shape index (κ1) is 29.5. The van der Waals surface area contributed by atoms with Gasteiger partial charge in [-0.2, -0.15) is 0 Å². The number of rotatable bonds is 9. The number of carbonyl (C=O) groups is 3. The van der Waals surface area contributed by atoms with E-state index in [1.54, 1.807) is 36.4 Å². The lowest BCUT2D eigenvalue weighted by atomic mass is 10.0. The number of aliphatic hydroxyl groups is 1. The van der Waals surface area contributed by atoms with Crippen molar-refractivity contribution in [3.63, 3.8) is 0 Å². The van der Waals surface area contributed by atoms with Gasteiger partial charge < -0.3 is 29.5 Å². The van der Waals surface area contributed by atoms with E-state index in [-0.39, 0.29) is 12.4 Å². The molecule has 0 amide bonds. The Morgan fingerprint density at radius 3 is 2.05 bits per heavy atom. The van der Waals surface area contributed by atoms with Gasteiger partial charge in [-0.05, 0) is 42.0 Å². The maximum atomic E-state index is 12.5. The molecule has 1 saturated heterocycles. The molecule has 1 atom stereocenters. The maximum Gasteiger partial charge on any atom is 0.414 e. The maximum absolute atomic E-state index is 12.5. The van der Waals surface area contributed by atoms with Gasteiger partial charge in [0.15, 0.2) is 17.3 Å². The summed E-state index contributed by atoms with van der Waals surface area (Å²) in [5.41, 5.74) is 2.49. The summed E-state index contributed by atoms with van der Waals surface area (Å²) in [5.74, 6) is -1.39. The van der Waals surface area contributed by atoms with Crippen molar-refractivity contribution in [3.8, 4) is 17.2 Å². The number of ether oxygens (including phenoxy) is 3. The molecule has 0 saturated carbocycles. The van der Waals surface area contributed by atoms with Crippen LogP contribution < -0.4 is 14.2 Å². The van der Waals surface area contributed by atoms with Crippen LogP contribution in [0, 0.1) is 0 Å². The molecule has 3 aromatic carbocycles. The zero-order chi connectivity index (χ0) is 29.2. The van der Waals surface area contributed by atoms with Gasteiger partial charge in [0.1, 0.15) is 18.5 Å². The van der Waals surface area contributed by atoms with Crippen LogP contribution >= 0.6 is 0 Å². The summed E-state index contributed by atoms with van der Waals surface area (Å²) < 4.78 is 16.6. The second kappa shape index (κ2) is 14.3. The van der Waals surface area contributed by atoms with Crippen LogP contribution in [0.15, 0.2) is 72.8 Å². The van der Waals surface area contributed by atoms with Crippen LogP contribution in [0.4, 0.5) is 0 Å². The van der Waals surface area contributed by atoms with Gasteiger partial charge in [0, 0.05) is 50.4 Å². The van der Waals surface area contributed by atoms with E-state index in [1.165, 1.54) is 5.56 Å². The highest BCUT2D eigenvalue weighted by atomic mass is 16.7. The minimum absolute atomic E-state index is 0.0187. The van der Waals surface area contributed by atoms with E-state index in [1.807, 2.05) is 24.3 Å². The Morgan fingerprint density at radius 2 is 1.39 bits per heavy atom. The Bertz CT molecular complexity index is 1310.